The predicted molar refractivity (Wildman–Crippen MR) is 348 cm³/mol. The number of carbonyl (C=O) groups excluding carboxylic acids is 8. The van der Waals surface area contributed by atoms with Crippen LogP contribution in [0.25, 0.3) is 11.1 Å². The van der Waals surface area contributed by atoms with Crippen LogP contribution in [0.5, 0.6) is 69.0 Å². The highest BCUT2D eigenvalue weighted by Crippen LogP contribution is 2.57. The molecule has 6 aliphatic heterocycles. The molecule has 0 unspecified atom stereocenters. The lowest BCUT2D eigenvalue weighted by molar-refractivity contribution is -0.137. The van der Waals surface area contributed by atoms with Crippen molar-refractivity contribution in [2.45, 2.75) is 98.9 Å². The van der Waals surface area contributed by atoms with E-state index in [2.05, 4.69) is 42.5 Å². The van der Waals surface area contributed by atoms with Gasteiger partial charge in [-0.2, -0.15) is 0 Å². The van der Waals surface area contributed by atoms with Gasteiger partial charge in [-0.25, -0.2) is 4.79 Å². The van der Waals surface area contributed by atoms with Crippen LogP contribution in [-0.2, 0) is 44.7 Å². The molecule has 27 nitrogen and oxygen atoms in total. The third-order valence-corrected chi connectivity index (χ3v) is 19.8. The Hall–Kier alpha value is -11.2. The van der Waals surface area contributed by atoms with E-state index in [-0.39, 0.29) is 83.1 Å². The maximum atomic E-state index is 16.0. The van der Waals surface area contributed by atoms with E-state index in [9.17, 15) is 50.1 Å². The number of alkyl carbamates (subject to hydrolysis) is 1. The molecule has 0 saturated heterocycles. The molecule has 0 spiro atoms. The number of amides is 8. The van der Waals surface area contributed by atoms with Gasteiger partial charge in [0.05, 0.1) is 10.0 Å². The van der Waals surface area contributed by atoms with Gasteiger partial charge in [0.2, 0.25) is 47.1 Å². The Morgan fingerprint density at radius 1 is 0.525 bits per heavy atom. The molecule has 7 aromatic carbocycles. The molecular formula is C70H62Cl2N8O19. The lowest BCUT2D eigenvalue weighted by atomic mass is 9.54. The molecule has 7 aromatic rings. The average molecular weight is 1390 g/mol. The molecule has 8 amide bonds. The van der Waals surface area contributed by atoms with E-state index in [0.29, 0.717) is 37.0 Å². The Labute approximate surface area is 571 Å². The third-order valence-electron chi connectivity index (χ3n) is 19.2. The van der Waals surface area contributed by atoms with Gasteiger partial charge in [-0.05, 0) is 174 Å². The fourth-order valence-electron chi connectivity index (χ4n) is 15.0. The number of aliphatic hydroxyl groups excluding tert-OH is 1. The third kappa shape index (κ3) is 12.6. The van der Waals surface area contributed by atoms with Crippen LogP contribution in [0, 0.1) is 17.8 Å². The highest BCUT2D eigenvalue weighted by atomic mass is 35.5. The van der Waals surface area contributed by atoms with Crippen molar-refractivity contribution >= 4 is 70.6 Å². The number of halogens is 2. The summed E-state index contributed by atoms with van der Waals surface area (Å²) in [6, 6.07) is 8.84. The van der Waals surface area contributed by atoms with Crippen molar-refractivity contribution in [2.24, 2.45) is 17.8 Å². The average Bonchev–Trinajstić information content (AvgIpc) is 0.758. The first-order valence-electron chi connectivity index (χ1n) is 31.6. The topological polar surface area (TPSA) is 411 Å². The quantitative estimate of drug-likeness (QED) is 0.0820. The smallest absolute Gasteiger partial charge is 0.408 e. The molecule has 10 aliphatic rings. The first-order valence-corrected chi connectivity index (χ1v) is 32.3. The van der Waals surface area contributed by atoms with Gasteiger partial charge in [0.1, 0.15) is 94.2 Å². The van der Waals surface area contributed by atoms with E-state index in [0.717, 1.165) is 73.9 Å². The number of aliphatic hydroxyl groups is 1. The zero-order chi connectivity index (χ0) is 69.6. The van der Waals surface area contributed by atoms with Crippen LogP contribution >= 0.6 is 23.2 Å². The molecule has 29 heteroatoms. The minimum atomic E-state index is -2.19. The van der Waals surface area contributed by atoms with Gasteiger partial charge in [0, 0.05) is 36.7 Å². The lowest BCUT2D eigenvalue weighted by Gasteiger charge is -2.55. The van der Waals surface area contributed by atoms with E-state index in [1.54, 1.807) is 0 Å². The Morgan fingerprint density at radius 3 is 1.76 bits per heavy atom. The summed E-state index contributed by atoms with van der Waals surface area (Å²) in [6.07, 6.45) is 1.65. The molecular weight excluding hydrogens is 1330 g/mol. The Bertz CT molecular complexity index is 4570. The Balaban J connectivity index is 0.922. The number of aromatic hydroxyl groups is 6. The number of ether oxygens (including phenoxy) is 4. The Morgan fingerprint density at radius 2 is 1.10 bits per heavy atom. The normalized spacial score (nSPS) is 26.0. The molecule has 21 bridgehead atoms. The molecule has 4 fully saturated rings. The molecule has 4 saturated carbocycles. The zero-order valence-electron chi connectivity index (χ0n) is 52.1. The summed E-state index contributed by atoms with van der Waals surface area (Å²) in [5, 5.41) is 102. The van der Waals surface area contributed by atoms with Crippen LogP contribution in [0.2, 0.25) is 10.0 Å². The fourth-order valence-corrected chi connectivity index (χ4v) is 15.5. The summed E-state index contributed by atoms with van der Waals surface area (Å²) in [5.74, 6) is -12.8. The van der Waals surface area contributed by atoms with Crippen molar-refractivity contribution in [1.82, 2.24) is 42.5 Å². The van der Waals surface area contributed by atoms with Crippen LogP contribution in [-0.4, -0.2) is 108 Å². The summed E-state index contributed by atoms with van der Waals surface area (Å²) >= 11 is 13.9. The summed E-state index contributed by atoms with van der Waals surface area (Å²) in [6.45, 7) is 0. The molecule has 0 aromatic heterocycles. The van der Waals surface area contributed by atoms with Gasteiger partial charge >= 0.3 is 6.09 Å². The van der Waals surface area contributed by atoms with Gasteiger partial charge < -0.3 is 97.2 Å². The largest absolute Gasteiger partial charge is 0.508 e. The second kappa shape index (κ2) is 25.4. The monoisotopic (exact) mass is 1390 g/mol. The number of hydrogen-bond donors (Lipinski definition) is 15. The van der Waals surface area contributed by atoms with Crippen molar-refractivity contribution in [3.8, 4) is 80.1 Å². The number of carbonyl (C=O) groups is 8. The highest BCUT2D eigenvalue weighted by Gasteiger charge is 2.54. The van der Waals surface area contributed by atoms with Crippen LogP contribution in [0.4, 0.5) is 4.79 Å². The molecule has 17 rings (SSSR count). The molecule has 99 heavy (non-hydrogen) atoms. The fraction of sp³-hybridized carbons (Fsp3) is 0.286. The van der Waals surface area contributed by atoms with Gasteiger partial charge in [0.15, 0.2) is 23.0 Å². The van der Waals surface area contributed by atoms with Crippen molar-refractivity contribution < 1.29 is 93.0 Å². The molecule has 15 N–H and O–H groups in total. The first-order chi connectivity index (χ1) is 47.3. The van der Waals surface area contributed by atoms with Gasteiger partial charge in [0.25, 0.3) is 0 Å². The minimum Gasteiger partial charge on any atom is -0.508 e. The highest BCUT2D eigenvalue weighted by molar-refractivity contribution is 6.32. The van der Waals surface area contributed by atoms with Gasteiger partial charge in [-0.15, -0.1) is 0 Å². The van der Waals surface area contributed by atoms with E-state index < -0.39 is 154 Å². The number of hydrogen-bond acceptors (Lipinski definition) is 19. The van der Waals surface area contributed by atoms with Crippen LogP contribution in [0.1, 0.15) is 114 Å². The van der Waals surface area contributed by atoms with Crippen molar-refractivity contribution in [3.05, 3.63) is 164 Å². The standard InChI is InChI=1S/C70H62Cl2N8O19/c1-73-63(89)58-41-23-38(82)24-47(85)53(41)40-17-32(3-6-45(40)83)54-65(91)79-59(68(94)78-58)60(86)34-5-9-49(43(72)18-34)98-52-21-36-20-51(61(52)87)97-48-8-2-28(13-42(48)71)14-44-62(88)75-56(66(92)77-57(36)67(93)76-54)35-15-37(81)22-39(16-35)96-50-19-33(4-7-46(50)84)55(64(90)74-44)80-69(95)99-70-25-29-10-30(26-70)12-31(11-29)27-70/h2-9,13,15-24,29-31,44,54-60,81-87H,10-12,14,25-27H2,1H3,(H,73,89)(H,74,90)(H,75,88)(H,76,93)(H,77,92)(H,78,94)(H,79,91)(H,80,95)/t29?,30?,31?,44-,54-,55+,56+,57-,58+,59+,60-,70?/m1/s1. The number of rotatable bonds is 3. The van der Waals surface area contributed by atoms with Crippen LogP contribution in [0.3, 0.4) is 0 Å². The molecule has 6 heterocycles. The van der Waals surface area contributed by atoms with Crippen molar-refractivity contribution in [1.29, 1.82) is 0 Å². The molecule has 510 valence electrons. The maximum absolute atomic E-state index is 16.0. The van der Waals surface area contributed by atoms with Crippen LogP contribution < -0.4 is 56.7 Å². The number of fused-ring (bicyclic) bond motifs is 14. The number of phenolic OH excluding ortho intramolecular Hbond substituents is 6. The SMILES string of the molecule is CNC(=O)[C@H]1NC(=O)[C@H]2NC(=O)[C@H](NC(=O)[C@@H]3NC(=O)[C@H]4NC(=O)[C@@H](Cc5ccc(c(Cl)c5)Oc5cc3cc(c5O)Oc3ccc(cc3Cl)[C@H]2O)NC(=O)[C@@H](NC(=O)OC23CC5CC(CC(C5)C2)C3)c2ccc(O)c(c2)Oc2cc(O)cc4c2)c2ccc(O)c(c2)-c2c(O)cc(O)cc21. The molecule has 8 atom stereocenters. The second-order valence-corrected chi connectivity index (χ2v) is 26.8. The van der Waals surface area contributed by atoms with Crippen molar-refractivity contribution in [3.63, 3.8) is 0 Å². The van der Waals surface area contributed by atoms with E-state index in [4.69, 9.17) is 42.1 Å². The molecule has 0 radical (unpaired) electrons. The predicted octanol–water partition coefficient (Wildman–Crippen LogP) is 7.38. The number of likely N-dealkylation sites (N-methyl/N-ethyl adjacent to an activating group) is 1. The molecule has 4 aliphatic carbocycles. The van der Waals surface area contributed by atoms with E-state index in [1.807, 2.05) is 0 Å². The lowest BCUT2D eigenvalue weighted by Crippen LogP contribution is -2.56. The van der Waals surface area contributed by atoms with Gasteiger partial charge in [-0.1, -0.05) is 47.5 Å². The zero-order valence-corrected chi connectivity index (χ0v) is 53.6. The second-order valence-electron chi connectivity index (χ2n) is 26.0. The van der Waals surface area contributed by atoms with E-state index in [1.165, 1.54) is 67.7 Å². The maximum Gasteiger partial charge on any atom is 0.408 e. The number of phenols is 6. The van der Waals surface area contributed by atoms with Crippen LogP contribution in [0.15, 0.2) is 115 Å². The minimum absolute atomic E-state index is 0.0496. The Kier molecular flexibility index (Phi) is 16.7. The summed E-state index contributed by atoms with van der Waals surface area (Å²) in [5.41, 5.74) is -2.42. The summed E-state index contributed by atoms with van der Waals surface area (Å²) in [4.78, 5) is 121. The first kappa shape index (κ1) is 65.1. The summed E-state index contributed by atoms with van der Waals surface area (Å²) in [7, 11) is 1.22. The van der Waals surface area contributed by atoms with Gasteiger partial charge in [-0.3, -0.25) is 33.6 Å². The number of nitrogens with one attached hydrogen (secondary N) is 8. The van der Waals surface area contributed by atoms with E-state index >= 15 is 24.0 Å². The number of benzene rings is 7. The summed E-state index contributed by atoms with van der Waals surface area (Å²) < 4.78 is 25.1. The van der Waals surface area contributed by atoms with Crippen molar-refractivity contribution in [2.75, 3.05) is 7.05 Å².